The molecule has 0 bridgehead atoms. The molecule has 3 heterocycles. The number of nitrogens with zero attached hydrogens (tertiary/aromatic N) is 3. The van der Waals surface area contributed by atoms with Crippen molar-refractivity contribution in [1.29, 1.82) is 0 Å². The normalized spacial score (nSPS) is 27.0. The fourth-order valence-corrected chi connectivity index (χ4v) is 4.50. The van der Waals surface area contributed by atoms with Crippen LogP contribution in [0.15, 0.2) is 35.3 Å². The highest BCUT2D eigenvalue weighted by atomic mass is 127. The van der Waals surface area contributed by atoms with E-state index in [-0.39, 0.29) is 36.2 Å². The van der Waals surface area contributed by atoms with Gasteiger partial charge in [-0.2, -0.15) is 0 Å². The summed E-state index contributed by atoms with van der Waals surface area (Å²) in [4.78, 5) is 9.36. The molecule has 0 aliphatic carbocycles. The highest BCUT2D eigenvalue weighted by Gasteiger charge is 2.41. The van der Waals surface area contributed by atoms with Crippen molar-refractivity contribution in [2.75, 3.05) is 59.7 Å². The SMILES string of the molecule is CN=C(NCCOCC1CCCO1)N1CC2OCCN(Cc3ccccc3)C2C1.I. The quantitative estimate of drug-likeness (QED) is 0.252. The minimum atomic E-state index is 0. The van der Waals surface area contributed by atoms with E-state index in [2.05, 4.69) is 50.4 Å². The summed E-state index contributed by atoms with van der Waals surface area (Å²) in [5.74, 6) is 0.934. The summed E-state index contributed by atoms with van der Waals surface area (Å²) in [7, 11) is 1.85. The maximum Gasteiger partial charge on any atom is 0.193 e. The zero-order valence-electron chi connectivity index (χ0n) is 17.9. The van der Waals surface area contributed by atoms with Gasteiger partial charge in [0.15, 0.2) is 5.96 Å². The standard InChI is InChI=1S/C22H34N4O3.HI/c1-23-22(24-9-12-27-17-19-8-5-11-28-19)26-15-20-21(16-26)29-13-10-25(20)14-18-6-3-2-4-7-18;/h2-4,6-7,19-21H,5,8-17H2,1H3,(H,23,24);1H. The molecular weight excluding hydrogens is 495 g/mol. The number of nitrogens with one attached hydrogen (secondary N) is 1. The molecule has 0 aromatic heterocycles. The Morgan fingerprint density at radius 2 is 2.07 bits per heavy atom. The smallest absolute Gasteiger partial charge is 0.193 e. The van der Waals surface area contributed by atoms with Gasteiger partial charge in [-0.1, -0.05) is 30.3 Å². The number of halogens is 1. The Balaban J connectivity index is 0.00000256. The van der Waals surface area contributed by atoms with Crippen LogP contribution in [0.25, 0.3) is 0 Å². The molecule has 4 rings (SSSR count). The molecule has 0 amide bonds. The number of hydrogen-bond acceptors (Lipinski definition) is 5. The Morgan fingerprint density at radius 3 is 2.83 bits per heavy atom. The third-order valence-corrected chi connectivity index (χ3v) is 6.01. The van der Waals surface area contributed by atoms with Gasteiger partial charge >= 0.3 is 0 Å². The van der Waals surface area contributed by atoms with Gasteiger partial charge < -0.3 is 24.4 Å². The van der Waals surface area contributed by atoms with Crippen molar-refractivity contribution in [2.24, 2.45) is 4.99 Å². The second kappa shape index (κ2) is 12.2. The van der Waals surface area contributed by atoms with Crippen LogP contribution in [0.5, 0.6) is 0 Å². The first-order valence-electron chi connectivity index (χ1n) is 10.9. The Kier molecular flexibility index (Phi) is 9.64. The molecule has 8 heteroatoms. The number of rotatable bonds is 7. The molecular formula is C22H35IN4O3. The molecule has 1 aromatic rings. The van der Waals surface area contributed by atoms with Crippen LogP contribution >= 0.6 is 24.0 Å². The summed E-state index contributed by atoms with van der Waals surface area (Å²) in [5, 5.41) is 3.45. The predicted molar refractivity (Wildman–Crippen MR) is 129 cm³/mol. The number of ether oxygens (including phenoxy) is 3. The molecule has 168 valence electrons. The minimum absolute atomic E-state index is 0. The summed E-state index contributed by atoms with van der Waals surface area (Å²) < 4.78 is 17.4. The van der Waals surface area contributed by atoms with Crippen LogP contribution in [0.2, 0.25) is 0 Å². The fraction of sp³-hybridized carbons (Fsp3) is 0.682. The molecule has 7 nitrogen and oxygen atoms in total. The molecule has 0 saturated carbocycles. The predicted octanol–water partition coefficient (Wildman–Crippen LogP) is 1.96. The van der Waals surface area contributed by atoms with E-state index in [0.717, 1.165) is 64.7 Å². The van der Waals surface area contributed by atoms with Gasteiger partial charge in [-0.05, 0) is 18.4 Å². The van der Waals surface area contributed by atoms with E-state index in [1.54, 1.807) is 0 Å². The van der Waals surface area contributed by atoms with Crippen LogP contribution in [0.1, 0.15) is 18.4 Å². The Bertz CT molecular complexity index is 657. The number of aliphatic imine (C=N–C) groups is 1. The first-order chi connectivity index (χ1) is 14.3. The van der Waals surface area contributed by atoms with Gasteiger partial charge in [-0.25, -0.2) is 0 Å². The average molecular weight is 530 g/mol. The van der Waals surface area contributed by atoms with Crippen molar-refractivity contribution in [3.63, 3.8) is 0 Å². The van der Waals surface area contributed by atoms with Gasteiger partial charge in [-0.3, -0.25) is 9.89 Å². The van der Waals surface area contributed by atoms with Crippen molar-refractivity contribution in [3.8, 4) is 0 Å². The topological polar surface area (TPSA) is 58.6 Å². The van der Waals surface area contributed by atoms with E-state index >= 15 is 0 Å². The van der Waals surface area contributed by atoms with Gasteiger partial charge in [0.25, 0.3) is 0 Å². The first-order valence-corrected chi connectivity index (χ1v) is 10.9. The molecule has 1 aromatic carbocycles. The lowest BCUT2D eigenvalue weighted by molar-refractivity contribution is -0.0502. The van der Waals surface area contributed by atoms with E-state index in [0.29, 0.717) is 19.3 Å². The minimum Gasteiger partial charge on any atom is -0.377 e. The fourth-order valence-electron chi connectivity index (χ4n) is 4.50. The number of fused-ring (bicyclic) bond motifs is 1. The molecule has 3 atom stereocenters. The number of likely N-dealkylation sites (tertiary alicyclic amines) is 1. The number of guanidine groups is 1. The van der Waals surface area contributed by atoms with Crippen molar-refractivity contribution in [2.45, 2.75) is 37.6 Å². The number of hydrogen-bond donors (Lipinski definition) is 1. The molecule has 30 heavy (non-hydrogen) atoms. The van der Waals surface area contributed by atoms with Gasteiger partial charge in [0.05, 0.1) is 38.1 Å². The lowest BCUT2D eigenvalue weighted by Gasteiger charge is -2.36. The van der Waals surface area contributed by atoms with Crippen molar-refractivity contribution >= 4 is 29.9 Å². The van der Waals surface area contributed by atoms with Gasteiger partial charge in [0.1, 0.15) is 0 Å². The molecule has 0 radical (unpaired) electrons. The average Bonchev–Trinajstić information content (AvgIpc) is 3.42. The highest BCUT2D eigenvalue weighted by molar-refractivity contribution is 14.0. The summed E-state index contributed by atoms with van der Waals surface area (Å²) in [6.07, 6.45) is 2.79. The molecule has 3 unspecified atom stereocenters. The van der Waals surface area contributed by atoms with E-state index in [1.807, 2.05) is 7.05 Å². The molecule has 1 N–H and O–H groups in total. The summed E-state index contributed by atoms with van der Waals surface area (Å²) >= 11 is 0. The van der Waals surface area contributed by atoms with E-state index in [4.69, 9.17) is 14.2 Å². The lowest BCUT2D eigenvalue weighted by atomic mass is 10.1. The van der Waals surface area contributed by atoms with Gasteiger partial charge in [-0.15, -0.1) is 24.0 Å². The largest absolute Gasteiger partial charge is 0.377 e. The van der Waals surface area contributed by atoms with E-state index < -0.39 is 0 Å². The van der Waals surface area contributed by atoms with E-state index in [9.17, 15) is 0 Å². The first kappa shape index (κ1) is 23.7. The van der Waals surface area contributed by atoms with Gasteiger partial charge in [0, 0.05) is 46.4 Å². The van der Waals surface area contributed by atoms with Crippen LogP contribution < -0.4 is 5.32 Å². The molecule has 3 saturated heterocycles. The Morgan fingerprint density at radius 1 is 1.20 bits per heavy atom. The summed E-state index contributed by atoms with van der Waals surface area (Å²) in [5.41, 5.74) is 1.36. The molecule has 3 aliphatic heterocycles. The van der Waals surface area contributed by atoms with Crippen LogP contribution in [-0.4, -0.2) is 93.7 Å². The monoisotopic (exact) mass is 530 g/mol. The van der Waals surface area contributed by atoms with Crippen molar-refractivity contribution in [3.05, 3.63) is 35.9 Å². The molecule has 3 aliphatic rings. The summed E-state index contributed by atoms with van der Waals surface area (Å²) in [6, 6.07) is 11.1. The molecule has 3 fully saturated rings. The summed E-state index contributed by atoms with van der Waals surface area (Å²) in [6.45, 7) is 7.55. The third kappa shape index (κ3) is 6.29. The highest BCUT2D eigenvalue weighted by Crippen LogP contribution is 2.24. The zero-order valence-corrected chi connectivity index (χ0v) is 20.2. The van der Waals surface area contributed by atoms with Crippen LogP contribution in [0.3, 0.4) is 0 Å². The van der Waals surface area contributed by atoms with Gasteiger partial charge in [0.2, 0.25) is 0 Å². The lowest BCUT2D eigenvalue weighted by Crippen LogP contribution is -2.50. The molecule has 0 spiro atoms. The zero-order chi connectivity index (χ0) is 19.9. The number of benzene rings is 1. The van der Waals surface area contributed by atoms with Crippen LogP contribution in [0.4, 0.5) is 0 Å². The second-order valence-electron chi connectivity index (χ2n) is 8.02. The number of morpholine rings is 1. The Labute approximate surface area is 197 Å². The van der Waals surface area contributed by atoms with E-state index in [1.165, 1.54) is 5.56 Å². The van der Waals surface area contributed by atoms with Crippen LogP contribution in [-0.2, 0) is 20.8 Å². The second-order valence-corrected chi connectivity index (χ2v) is 8.02. The van der Waals surface area contributed by atoms with Crippen molar-refractivity contribution in [1.82, 2.24) is 15.1 Å². The van der Waals surface area contributed by atoms with Crippen LogP contribution in [0, 0.1) is 0 Å². The Hall–Kier alpha value is -0.940. The maximum absolute atomic E-state index is 6.09. The maximum atomic E-state index is 6.09. The van der Waals surface area contributed by atoms with Crippen molar-refractivity contribution < 1.29 is 14.2 Å². The third-order valence-electron chi connectivity index (χ3n) is 6.01.